The summed E-state index contributed by atoms with van der Waals surface area (Å²) in [4.78, 5) is 14.8. The van der Waals surface area contributed by atoms with Gasteiger partial charge in [0.15, 0.2) is 5.69 Å². The molecular formula is C18H24N4O3. The first-order valence-electron chi connectivity index (χ1n) is 8.93. The maximum Gasteiger partial charge on any atom is 0.276 e. The van der Waals surface area contributed by atoms with Crippen LogP contribution in [-0.2, 0) is 18.2 Å². The SMILES string of the molecule is Cc1cc(C(=O)N2CC[C@H](OCC3CC3)[C@H]2Cc2cnn(C)c2)no1. The van der Waals surface area contributed by atoms with E-state index in [4.69, 9.17) is 9.26 Å². The second-order valence-electron chi connectivity index (χ2n) is 7.22. The maximum absolute atomic E-state index is 12.9. The van der Waals surface area contributed by atoms with E-state index in [9.17, 15) is 4.79 Å². The molecule has 134 valence electrons. The van der Waals surface area contributed by atoms with E-state index >= 15 is 0 Å². The van der Waals surface area contributed by atoms with Crippen LogP contribution >= 0.6 is 0 Å². The molecule has 7 heteroatoms. The Labute approximate surface area is 146 Å². The van der Waals surface area contributed by atoms with Crippen molar-refractivity contribution in [1.29, 1.82) is 0 Å². The van der Waals surface area contributed by atoms with Crippen LogP contribution in [0.2, 0.25) is 0 Å². The van der Waals surface area contributed by atoms with Crippen LogP contribution in [0, 0.1) is 12.8 Å². The molecule has 2 aromatic rings. The first-order chi connectivity index (χ1) is 12.1. The molecular weight excluding hydrogens is 320 g/mol. The lowest BCUT2D eigenvalue weighted by atomic mass is 10.0. The van der Waals surface area contributed by atoms with Gasteiger partial charge >= 0.3 is 0 Å². The number of likely N-dealkylation sites (tertiary alicyclic amines) is 1. The normalized spacial score (nSPS) is 23.4. The Morgan fingerprint density at radius 2 is 2.24 bits per heavy atom. The molecule has 0 N–H and O–H groups in total. The van der Waals surface area contributed by atoms with Crippen molar-refractivity contribution >= 4 is 5.91 Å². The first-order valence-corrected chi connectivity index (χ1v) is 8.93. The van der Waals surface area contributed by atoms with E-state index in [1.54, 1.807) is 17.7 Å². The topological polar surface area (TPSA) is 73.4 Å². The van der Waals surface area contributed by atoms with Gasteiger partial charge in [0.25, 0.3) is 5.91 Å². The largest absolute Gasteiger partial charge is 0.376 e. The third kappa shape index (κ3) is 3.61. The van der Waals surface area contributed by atoms with Gasteiger partial charge in [0.1, 0.15) is 5.76 Å². The van der Waals surface area contributed by atoms with Gasteiger partial charge in [-0.3, -0.25) is 9.48 Å². The minimum Gasteiger partial charge on any atom is -0.376 e. The molecule has 1 saturated carbocycles. The van der Waals surface area contributed by atoms with E-state index in [1.807, 2.05) is 24.3 Å². The number of rotatable bonds is 6. The molecule has 2 aliphatic rings. The number of aryl methyl sites for hydroxylation is 2. The van der Waals surface area contributed by atoms with E-state index in [1.165, 1.54) is 12.8 Å². The molecule has 0 spiro atoms. The zero-order valence-corrected chi connectivity index (χ0v) is 14.7. The molecule has 4 rings (SSSR count). The number of hydrogen-bond donors (Lipinski definition) is 0. The van der Waals surface area contributed by atoms with Crippen molar-refractivity contribution in [3.63, 3.8) is 0 Å². The summed E-state index contributed by atoms with van der Waals surface area (Å²) in [5.41, 5.74) is 1.49. The number of nitrogens with zero attached hydrogens (tertiary/aromatic N) is 4. The Bertz CT molecular complexity index is 749. The van der Waals surface area contributed by atoms with Crippen molar-refractivity contribution in [2.24, 2.45) is 13.0 Å². The predicted octanol–water partition coefficient (Wildman–Crippen LogP) is 1.97. The number of hydrogen-bond acceptors (Lipinski definition) is 5. The van der Waals surface area contributed by atoms with Crippen LogP contribution in [0.15, 0.2) is 23.0 Å². The summed E-state index contributed by atoms with van der Waals surface area (Å²) in [6.45, 7) is 3.28. The van der Waals surface area contributed by atoms with Gasteiger partial charge in [-0.1, -0.05) is 5.16 Å². The van der Waals surface area contributed by atoms with Crippen molar-refractivity contribution in [3.05, 3.63) is 35.5 Å². The van der Waals surface area contributed by atoms with E-state index in [2.05, 4.69) is 10.3 Å². The lowest BCUT2D eigenvalue weighted by Gasteiger charge is -2.27. The smallest absolute Gasteiger partial charge is 0.276 e. The van der Waals surface area contributed by atoms with Crippen LogP contribution in [0.3, 0.4) is 0 Å². The van der Waals surface area contributed by atoms with E-state index in [-0.39, 0.29) is 18.1 Å². The van der Waals surface area contributed by atoms with Gasteiger partial charge < -0.3 is 14.2 Å². The number of carbonyl (C=O) groups is 1. The Morgan fingerprint density at radius 1 is 1.40 bits per heavy atom. The third-order valence-electron chi connectivity index (χ3n) is 5.04. The maximum atomic E-state index is 12.9. The van der Waals surface area contributed by atoms with Crippen LogP contribution in [0.1, 0.15) is 41.1 Å². The second kappa shape index (κ2) is 6.63. The summed E-state index contributed by atoms with van der Waals surface area (Å²) in [7, 11) is 1.90. The van der Waals surface area contributed by atoms with Gasteiger partial charge in [0.05, 0.1) is 18.3 Å². The summed E-state index contributed by atoms with van der Waals surface area (Å²) >= 11 is 0. The van der Waals surface area contributed by atoms with E-state index in [0.29, 0.717) is 23.9 Å². The molecule has 1 aliphatic heterocycles. The molecule has 1 aliphatic carbocycles. The first kappa shape index (κ1) is 16.3. The minimum absolute atomic E-state index is 0.00690. The molecule has 2 fully saturated rings. The Morgan fingerprint density at radius 3 is 2.88 bits per heavy atom. The van der Waals surface area contributed by atoms with Crippen LogP contribution in [0.4, 0.5) is 0 Å². The summed E-state index contributed by atoms with van der Waals surface area (Å²) in [6.07, 6.45) is 8.06. The fraction of sp³-hybridized carbons (Fsp3) is 0.611. The molecule has 0 aromatic carbocycles. The van der Waals surface area contributed by atoms with Crippen LogP contribution in [-0.4, -0.2) is 51.0 Å². The quantitative estimate of drug-likeness (QED) is 0.801. The third-order valence-corrected chi connectivity index (χ3v) is 5.04. The second-order valence-corrected chi connectivity index (χ2v) is 7.22. The van der Waals surface area contributed by atoms with Gasteiger partial charge in [0, 0.05) is 32.5 Å². The monoisotopic (exact) mass is 344 g/mol. The van der Waals surface area contributed by atoms with Gasteiger partial charge in [-0.25, -0.2) is 0 Å². The fourth-order valence-electron chi connectivity index (χ4n) is 3.49. The molecule has 1 amide bonds. The molecule has 0 bridgehead atoms. The molecule has 2 aromatic heterocycles. The molecule has 25 heavy (non-hydrogen) atoms. The lowest BCUT2D eigenvalue weighted by molar-refractivity contribution is 0.0197. The summed E-state index contributed by atoms with van der Waals surface area (Å²) in [5, 5.41) is 8.14. The van der Waals surface area contributed by atoms with Crippen molar-refractivity contribution in [3.8, 4) is 0 Å². The number of aromatic nitrogens is 3. The molecule has 7 nitrogen and oxygen atoms in total. The Kier molecular flexibility index (Phi) is 4.33. The van der Waals surface area contributed by atoms with E-state index < -0.39 is 0 Å². The molecule has 2 atom stereocenters. The standard InChI is InChI=1S/C18H24N4O3/c1-12-7-15(20-25-12)18(23)22-6-5-17(24-11-13-3-4-13)16(22)8-14-9-19-21(2)10-14/h7,9-10,13,16-17H,3-6,8,11H2,1-2H3/t16-,17+/m1/s1. The molecule has 0 radical (unpaired) electrons. The predicted molar refractivity (Wildman–Crippen MR) is 90.1 cm³/mol. The zero-order chi connectivity index (χ0) is 17.4. The van der Waals surface area contributed by atoms with Crippen LogP contribution < -0.4 is 0 Å². The van der Waals surface area contributed by atoms with Gasteiger partial charge in [-0.05, 0) is 44.1 Å². The average molecular weight is 344 g/mol. The summed E-state index contributed by atoms with van der Waals surface area (Å²) in [5.74, 6) is 1.28. The number of carbonyl (C=O) groups excluding carboxylic acids is 1. The fourth-order valence-corrected chi connectivity index (χ4v) is 3.49. The van der Waals surface area contributed by atoms with Gasteiger partial charge in [-0.15, -0.1) is 0 Å². The van der Waals surface area contributed by atoms with Crippen molar-refractivity contribution in [2.75, 3.05) is 13.2 Å². The van der Waals surface area contributed by atoms with Crippen molar-refractivity contribution < 1.29 is 14.1 Å². The average Bonchev–Trinajstić information content (AvgIpc) is 2.97. The van der Waals surface area contributed by atoms with Crippen molar-refractivity contribution in [1.82, 2.24) is 19.8 Å². The highest BCUT2D eigenvalue weighted by atomic mass is 16.5. The molecule has 3 heterocycles. The minimum atomic E-state index is -0.0803. The van der Waals surface area contributed by atoms with Gasteiger partial charge in [-0.2, -0.15) is 5.10 Å². The molecule has 0 unspecified atom stereocenters. The zero-order valence-electron chi connectivity index (χ0n) is 14.7. The Balaban J connectivity index is 1.52. The van der Waals surface area contributed by atoms with Crippen LogP contribution in [0.5, 0.6) is 0 Å². The van der Waals surface area contributed by atoms with E-state index in [0.717, 1.165) is 25.0 Å². The Hall–Kier alpha value is -2.15. The highest BCUT2D eigenvalue weighted by Gasteiger charge is 2.40. The number of ether oxygens (including phenoxy) is 1. The summed E-state index contributed by atoms with van der Waals surface area (Å²) in [6, 6.07) is 1.70. The highest BCUT2D eigenvalue weighted by molar-refractivity contribution is 5.92. The summed E-state index contributed by atoms with van der Waals surface area (Å²) < 4.78 is 13.0. The highest BCUT2D eigenvalue weighted by Crippen LogP contribution is 2.32. The van der Waals surface area contributed by atoms with Crippen molar-refractivity contribution in [2.45, 2.75) is 44.8 Å². The van der Waals surface area contributed by atoms with Gasteiger partial charge in [0.2, 0.25) is 0 Å². The number of amides is 1. The molecule has 1 saturated heterocycles. The van der Waals surface area contributed by atoms with Crippen LogP contribution in [0.25, 0.3) is 0 Å². The lowest BCUT2D eigenvalue weighted by Crippen LogP contribution is -2.42.